The Kier molecular flexibility index (Phi) is 4.70. The summed E-state index contributed by atoms with van der Waals surface area (Å²) in [5, 5.41) is 17.3. The Morgan fingerprint density at radius 2 is 1.81 bits per heavy atom. The first kappa shape index (κ1) is 12.9. The molecule has 1 aliphatic heterocycles. The Hall–Kier alpha value is -1.14. The summed E-state index contributed by atoms with van der Waals surface area (Å²) >= 11 is 0. The van der Waals surface area contributed by atoms with Gasteiger partial charge < -0.3 is 14.9 Å². The quantitative estimate of drug-likeness (QED) is 0.670. The summed E-state index contributed by atoms with van der Waals surface area (Å²) in [6.45, 7) is 1.79. The largest absolute Gasteiger partial charge is 0.480 e. The molecule has 0 aliphatic carbocycles. The molecule has 1 saturated heterocycles. The fourth-order valence-corrected chi connectivity index (χ4v) is 1.88. The zero-order valence-electron chi connectivity index (χ0n) is 9.26. The molecule has 16 heavy (non-hydrogen) atoms. The molecule has 2 N–H and O–H groups in total. The van der Waals surface area contributed by atoms with E-state index in [-0.39, 0.29) is 25.3 Å². The van der Waals surface area contributed by atoms with Crippen LogP contribution in [0.4, 0.5) is 0 Å². The number of ether oxygens (including phenoxy) is 1. The number of rotatable bonds is 6. The molecule has 1 rings (SSSR count). The molecule has 0 aromatic heterocycles. The Morgan fingerprint density at radius 1 is 1.25 bits per heavy atom. The van der Waals surface area contributed by atoms with Gasteiger partial charge >= 0.3 is 11.9 Å². The van der Waals surface area contributed by atoms with Crippen molar-refractivity contribution in [2.24, 2.45) is 0 Å². The first-order valence-electron chi connectivity index (χ1n) is 5.28. The highest BCUT2D eigenvalue weighted by Crippen LogP contribution is 2.19. The molecule has 1 fully saturated rings. The average molecular weight is 231 g/mol. The van der Waals surface area contributed by atoms with Gasteiger partial charge in [0, 0.05) is 6.54 Å². The van der Waals surface area contributed by atoms with Gasteiger partial charge in [-0.15, -0.1) is 0 Å². The zero-order chi connectivity index (χ0) is 12.1. The minimum atomic E-state index is -1.02. The van der Waals surface area contributed by atoms with Crippen molar-refractivity contribution in [3.63, 3.8) is 0 Å². The van der Waals surface area contributed by atoms with E-state index in [2.05, 4.69) is 0 Å². The SMILES string of the molecule is CC1CCC(CN(CC(=O)O)CC(=O)O)O1. The van der Waals surface area contributed by atoms with Gasteiger partial charge in [0.05, 0.1) is 25.3 Å². The van der Waals surface area contributed by atoms with Crippen molar-refractivity contribution in [2.75, 3.05) is 19.6 Å². The first-order valence-corrected chi connectivity index (χ1v) is 5.28. The lowest BCUT2D eigenvalue weighted by Crippen LogP contribution is -2.39. The molecule has 1 aliphatic rings. The molecule has 0 aromatic rings. The van der Waals surface area contributed by atoms with Crippen LogP contribution in [-0.4, -0.2) is 58.9 Å². The molecule has 92 valence electrons. The minimum absolute atomic E-state index is 0.0475. The summed E-state index contributed by atoms with van der Waals surface area (Å²) in [6, 6.07) is 0. The van der Waals surface area contributed by atoms with Crippen LogP contribution in [0.15, 0.2) is 0 Å². The molecule has 6 heteroatoms. The topological polar surface area (TPSA) is 87.1 Å². The normalized spacial score (nSPS) is 24.9. The second-order valence-electron chi connectivity index (χ2n) is 4.10. The summed E-state index contributed by atoms with van der Waals surface area (Å²) in [4.78, 5) is 22.5. The average Bonchev–Trinajstić information content (AvgIpc) is 2.48. The van der Waals surface area contributed by atoms with Crippen LogP contribution in [0.25, 0.3) is 0 Å². The first-order chi connectivity index (χ1) is 7.47. The summed E-state index contributed by atoms with van der Waals surface area (Å²) in [7, 11) is 0. The van der Waals surface area contributed by atoms with Crippen LogP contribution in [0, 0.1) is 0 Å². The Bertz CT molecular complexity index is 252. The van der Waals surface area contributed by atoms with E-state index in [4.69, 9.17) is 14.9 Å². The van der Waals surface area contributed by atoms with E-state index >= 15 is 0 Å². The van der Waals surface area contributed by atoms with Crippen LogP contribution in [0.3, 0.4) is 0 Å². The summed E-state index contributed by atoms with van der Waals surface area (Å²) < 4.78 is 5.53. The molecule has 6 nitrogen and oxygen atoms in total. The van der Waals surface area contributed by atoms with Crippen LogP contribution >= 0.6 is 0 Å². The van der Waals surface area contributed by atoms with E-state index in [1.165, 1.54) is 4.90 Å². The predicted molar refractivity (Wildman–Crippen MR) is 55.3 cm³/mol. The highest BCUT2D eigenvalue weighted by atomic mass is 16.5. The second kappa shape index (κ2) is 5.81. The molecular formula is C10H17NO5. The summed E-state index contributed by atoms with van der Waals surface area (Å²) in [6.07, 6.45) is 1.94. The van der Waals surface area contributed by atoms with Gasteiger partial charge in [-0.05, 0) is 19.8 Å². The Balaban J connectivity index is 2.42. The van der Waals surface area contributed by atoms with Crippen LogP contribution in [0.2, 0.25) is 0 Å². The molecule has 0 amide bonds. The monoisotopic (exact) mass is 231 g/mol. The van der Waals surface area contributed by atoms with Gasteiger partial charge in [0.2, 0.25) is 0 Å². The van der Waals surface area contributed by atoms with Crippen molar-refractivity contribution < 1.29 is 24.5 Å². The number of carboxylic acid groups (broad SMARTS) is 2. The second-order valence-corrected chi connectivity index (χ2v) is 4.10. The predicted octanol–water partition coefficient (Wildman–Crippen LogP) is 0.0251. The van der Waals surface area contributed by atoms with E-state index in [9.17, 15) is 9.59 Å². The van der Waals surface area contributed by atoms with Gasteiger partial charge in [0.25, 0.3) is 0 Å². The van der Waals surface area contributed by atoms with Gasteiger partial charge in [0.1, 0.15) is 0 Å². The van der Waals surface area contributed by atoms with Gasteiger partial charge in [-0.3, -0.25) is 14.5 Å². The van der Waals surface area contributed by atoms with Gasteiger partial charge in [0.15, 0.2) is 0 Å². The van der Waals surface area contributed by atoms with Gasteiger partial charge in [-0.2, -0.15) is 0 Å². The summed E-state index contributed by atoms with van der Waals surface area (Å²) in [5.74, 6) is -2.04. The molecule has 2 unspecified atom stereocenters. The van der Waals surface area contributed by atoms with Crippen LogP contribution in [-0.2, 0) is 14.3 Å². The van der Waals surface area contributed by atoms with E-state index in [0.29, 0.717) is 6.54 Å². The number of nitrogens with zero attached hydrogens (tertiary/aromatic N) is 1. The van der Waals surface area contributed by atoms with Crippen molar-refractivity contribution >= 4 is 11.9 Å². The Morgan fingerprint density at radius 3 is 2.19 bits per heavy atom. The fourth-order valence-electron chi connectivity index (χ4n) is 1.88. The molecule has 0 saturated carbocycles. The van der Waals surface area contributed by atoms with Crippen molar-refractivity contribution in [3.8, 4) is 0 Å². The van der Waals surface area contributed by atoms with Gasteiger partial charge in [-0.1, -0.05) is 0 Å². The number of carboxylic acids is 2. The van der Waals surface area contributed by atoms with E-state index < -0.39 is 11.9 Å². The van der Waals surface area contributed by atoms with E-state index in [0.717, 1.165) is 12.8 Å². The van der Waals surface area contributed by atoms with Crippen LogP contribution < -0.4 is 0 Å². The minimum Gasteiger partial charge on any atom is -0.480 e. The highest BCUT2D eigenvalue weighted by Gasteiger charge is 2.25. The fraction of sp³-hybridized carbons (Fsp3) is 0.800. The number of hydrogen-bond donors (Lipinski definition) is 2. The third-order valence-electron chi connectivity index (χ3n) is 2.50. The third kappa shape index (κ3) is 4.59. The number of aliphatic carboxylic acids is 2. The third-order valence-corrected chi connectivity index (χ3v) is 2.50. The maximum Gasteiger partial charge on any atom is 0.317 e. The van der Waals surface area contributed by atoms with E-state index in [1.807, 2.05) is 6.92 Å². The lowest BCUT2D eigenvalue weighted by Gasteiger charge is -2.21. The van der Waals surface area contributed by atoms with Crippen molar-refractivity contribution in [3.05, 3.63) is 0 Å². The van der Waals surface area contributed by atoms with Gasteiger partial charge in [-0.25, -0.2) is 0 Å². The number of carbonyl (C=O) groups is 2. The number of hydrogen-bond acceptors (Lipinski definition) is 4. The highest BCUT2D eigenvalue weighted by molar-refractivity contribution is 5.72. The summed E-state index contributed by atoms with van der Waals surface area (Å²) in [5.41, 5.74) is 0. The van der Waals surface area contributed by atoms with E-state index in [1.54, 1.807) is 0 Å². The molecule has 1 heterocycles. The van der Waals surface area contributed by atoms with Crippen LogP contribution in [0.1, 0.15) is 19.8 Å². The molecule has 0 aromatic carbocycles. The van der Waals surface area contributed by atoms with Crippen molar-refractivity contribution in [1.82, 2.24) is 4.90 Å². The molecule has 0 spiro atoms. The standard InChI is InChI=1S/C10H17NO5/c1-7-2-3-8(16-7)4-11(5-9(12)13)6-10(14)15/h7-8H,2-6H2,1H3,(H,12,13)(H,14,15). The Labute approximate surface area is 93.8 Å². The molecule has 0 radical (unpaired) electrons. The zero-order valence-corrected chi connectivity index (χ0v) is 9.26. The maximum atomic E-state index is 10.6. The lowest BCUT2D eigenvalue weighted by atomic mass is 10.2. The van der Waals surface area contributed by atoms with Crippen molar-refractivity contribution in [2.45, 2.75) is 32.0 Å². The van der Waals surface area contributed by atoms with Crippen LogP contribution in [0.5, 0.6) is 0 Å². The maximum absolute atomic E-state index is 10.6. The lowest BCUT2D eigenvalue weighted by molar-refractivity contribution is -0.142. The smallest absolute Gasteiger partial charge is 0.317 e. The molecular weight excluding hydrogens is 214 g/mol. The molecule has 0 bridgehead atoms. The molecule has 2 atom stereocenters. The van der Waals surface area contributed by atoms with Crippen molar-refractivity contribution in [1.29, 1.82) is 0 Å².